The lowest BCUT2D eigenvalue weighted by Crippen LogP contribution is -2.04. The van der Waals surface area contributed by atoms with Crippen LogP contribution in [0.25, 0.3) is 0 Å². The van der Waals surface area contributed by atoms with Crippen LogP contribution in [0, 0.1) is 0 Å². The highest BCUT2D eigenvalue weighted by atomic mass is 27.2. The normalized spacial score (nSPS) is 9.40. The molecule has 0 unspecified atom stereocenters. The van der Waals surface area contributed by atoms with Gasteiger partial charge in [-0.25, -0.2) is 0 Å². The predicted octanol–water partition coefficient (Wildman–Crippen LogP) is 2.52. The van der Waals surface area contributed by atoms with Gasteiger partial charge in [-0.05, 0) is 0 Å². The summed E-state index contributed by atoms with van der Waals surface area (Å²) in [4.78, 5) is 0. The van der Waals surface area contributed by atoms with Gasteiger partial charge in [-0.1, -0.05) is 41.2 Å². The maximum atomic E-state index is 2.38. The average Bonchev–Trinajstić information content (AvgIpc) is 1.88. The van der Waals surface area contributed by atoms with E-state index in [9.17, 15) is 0 Å². The molecule has 0 aromatic heterocycles. The molecule has 0 fully saturated rings. The van der Waals surface area contributed by atoms with E-state index in [2.05, 4.69) is 41.9 Å². The van der Waals surface area contributed by atoms with Gasteiger partial charge >= 0.3 is 0 Å². The van der Waals surface area contributed by atoms with Crippen LogP contribution in [0.3, 0.4) is 0 Å². The van der Waals surface area contributed by atoms with Crippen LogP contribution >= 0.6 is 0 Å². The van der Waals surface area contributed by atoms with Crippen LogP contribution in [0.5, 0.6) is 0 Å². The third kappa shape index (κ3) is 2.56. The molecule has 0 nitrogen and oxygen atoms in total. The van der Waals surface area contributed by atoms with Gasteiger partial charge in [0.05, 0.1) is 0 Å². The molecule has 0 spiro atoms. The van der Waals surface area contributed by atoms with Gasteiger partial charge in [0, 0.05) is 0 Å². The Bertz CT molecular complexity index is 179. The second-order valence-corrected chi connectivity index (χ2v) is 6.28. The van der Waals surface area contributed by atoms with Gasteiger partial charge in [0.2, 0.25) is 0 Å². The molecule has 1 aromatic rings. The predicted molar refractivity (Wildman–Crippen MR) is 47.6 cm³/mol. The molecule has 0 radical (unpaired) electrons. The Morgan fingerprint density at radius 2 is 1.70 bits per heavy atom. The first-order valence-electron chi connectivity index (χ1n) is 3.83. The largest absolute Gasteiger partial charge is 0.260 e. The highest BCUT2D eigenvalue weighted by molar-refractivity contribution is 6.55. The molecule has 52 valence electrons. The first-order valence-corrected chi connectivity index (χ1v) is 6.95. The van der Waals surface area contributed by atoms with E-state index < -0.39 is 14.1 Å². The minimum absolute atomic E-state index is 0.397. The Balaban J connectivity index is 2.59. The van der Waals surface area contributed by atoms with Gasteiger partial charge in [-0.2, -0.15) is 0 Å². The average molecular weight is 148 g/mol. The van der Waals surface area contributed by atoms with Crippen LogP contribution in [0.2, 0.25) is 11.6 Å². The molecular formula is C9H13Al. The lowest BCUT2D eigenvalue weighted by Gasteiger charge is -1.98. The minimum Gasteiger partial charge on any atom is -0.106 e. The summed E-state index contributed by atoms with van der Waals surface area (Å²) in [5.74, 6) is 4.76. The van der Waals surface area contributed by atoms with Crippen LogP contribution in [0.4, 0.5) is 0 Å². The Morgan fingerprint density at radius 3 is 2.20 bits per heavy atom. The van der Waals surface area contributed by atoms with E-state index in [1.54, 1.807) is 0 Å². The van der Waals surface area contributed by atoms with Gasteiger partial charge in [-0.15, -0.1) is 11.6 Å². The Hall–Kier alpha value is -0.248. The molecular weight excluding hydrogens is 135 g/mol. The SMILES string of the molecule is [CH3][Al]([CH3])[CH2]c1ccccc1. The molecule has 1 heteroatoms. The summed E-state index contributed by atoms with van der Waals surface area (Å²) in [6.45, 7) is 0. The molecule has 0 heterocycles. The summed E-state index contributed by atoms with van der Waals surface area (Å²) in [5, 5.41) is 1.33. The van der Waals surface area contributed by atoms with E-state index in [0.717, 1.165) is 0 Å². The van der Waals surface area contributed by atoms with Crippen molar-refractivity contribution in [1.82, 2.24) is 0 Å². The van der Waals surface area contributed by atoms with Crippen LogP contribution in [-0.2, 0) is 5.28 Å². The van der Waals surface area contributed by atoms with Crippen molar-refractivity contribution in [3.63, 3.8) is 0 Å². The van der Waals surface area contributed by atoms with Crippen LogP contribution in [-0.4, -0.2) is 14.1 Å². The first kappa shape index (κ1) is 7.86. The third-order valence-electron chi connectivity index (χ3n) is 1.49. The van der Waals surface area contributed by atoms with E-state index in [4.69, 9.17) is 0 Å². The zero-order valence-electron chi connectivity index (χ0n) is 6.67. The second kappa shape index (κ2) is 3.81. The van der Waals surface area contributed by atoms with Gasteiger partial charge in [-0.3, -0.25) is 0 Å². The van der Waals surface area contributed by atoms with E-state index in [-0.39, 0.29) is 0 Å². The summed E-state index contributed by atoms with van der Waals surface area (Å²) in [6, 6.07) is 10.7. The molecule has 0 saturated heterocycles. The van der Waals surface area contributed by atoms with Crippen LogP contribution in [0.15, 0.2) is 30.3 Å². The zero-order valence-corrected chi connectivity index (χ0v) is 7.83. The van der Waals surface area contributed by atoms with Crippen molar-refractivity contribution in [2.24, 2.45) is 0 Å². The molecule has 0 saturated carbocycles. The molecule has 0 aliphatic carbocycles. The van der Waals surface area contributed by atoms with Crippen LogP contribution < -0.4 is 0 Å². The van der Waals surface area contributed by atoms with Crippen molar-refractivity contribution in [3.8, 4) is 0 Å². The van der Waals surface area contributed by atoms with Gasteiger partial charge in [0.1, 0.15) is 0 Å². The summed E-state index contributed by atoms with van der Waals surface area (Å²) in [6.07, 6.45) is 0. The van der Waals surface area contributed by atoms with Gasteiger partial charge in [0.15, 0.2) is 0 Å². The zero-order chi connectivity index (χ0) is 7.40. The maximum absolute atomic E-state index is 2.38. The summed E-state index contributed by atoms with van der Waals surface area (Å²) < 4.78 is 0. The monoisotopic (exact) mass is 148 g/mol. The fourth-order valence-corrected chi connectivity index (χ4v) is 2.30. The number of rotatable bonds is 2. The summed E-state index contributed by atoms with van der Waals surface area (Å²) in [7, 11) is 0. The Morgan fingerprint density at radius 1 is 1.10 bits per heavy atom. The minimum atomic E-state index is -0.397. The lowest BCUT2D eigenvalue weighted by atomic mass is 10.2. The van der Waals surface area contributed by atoms with Crippen molar-refractivity contribution in [3.05, 3.63) is 35.9 Å². The standard InChI is InChI=1S/C7H7.2CH3.Al/c1-7-5-3-2-4-6-7;;;/h2-6H,1H2;2*1H3;. The van der Waals surface area contributed by atoms with E-state index in [1.807, 2.05) is 0 Å². The van der Waals surface area contributed by atoms with Gasteiger partial charge in [0.25, 0.3) is 14.1 Å². The number of benzene rings is 1. The van der Waals surface area contributed by atoms with E-state index in [0.29, 0.717) is 0 Å². The quantitative estimate of drug-likeness (QED) is 0.565. The maximum Gasteiger partial charge on any atom is 0.260 e. The molecule has 0 atom stereocenters. The molecule has 1 rings (SSSR count). The van der Waals surface area contributed by atoms with Crippen molar-refractivity contribution < 1.29 is 0 Å². The number of hydrogen-bond donors (Lipinski definition) is 0. The second-order valence-electron chi connectivity index (χ2n) is 3.08. The highest BCUT2D eigenvalue weighted by Gasteiger charge is 2.01. The Kier molecular flexibility index (Phi) is 2.99. The van der Waals surface area contributed by atoms with E-state index in [1.165, 1.54) is 10.8 Å². The van der Waals surface area contributed by atoms with Crippen molar-refractivity contribution in [1.29, 1.82) is 0 Å². The summed E-state index contributed by atoms with van der Waals surface area (Å²) >= 11 is -0.397. The topological polar surface area (TPSA) is 0 Å². The molecule has 10 heavy (non-hydrogen) atoms. The molecule has 0 aliphatic rings. The fraction of sp³-hybridized carbons (Fsp3) is 0.333. The molecule has 0 bridgehead atoms. The van der Waals surface area contributed by atoms with Crippen molar-refractivity contribution in [2.45, 2.75) is 16.9 Å². The fourth-order valence-electron chi connectivity index (χ4n) is 1.09. The molecule has 1 aromatic carbocycles. The lowest BCUT2D eigenvalue weighted by molar-refractivity contribution is 1.35. The molecule has 0 aliphatic heterocycles. The molecule has 0 N–H and O–H groups in total. The smallest absolute Gasteiger partial charge is 0.106 e. The van der Waals surface area contributed by atoms with Gasteiger partial charge < -0.3 is 0 Å². The van der Waals surface area contributed by atoms with E-state index >= 15 is 0 Å². The van der Waals surface area contributed by atoms with Crippen LogP contribution in [0.1, 0.15) is 5.56 Å². The van der Waals surface area contributed by atoms with Crippen molar-refractivity contribution in [2.75, 3.05) is 0 Å². The molecule has 0 amide bonds. The third-order valence-corrected chi connectivity index (χ3v) is 2.77. The van der Waals surface area contributed by atoms with Crippen molar-refractivity contribution >= 4 is 14.1 Å². The summed E-state index contributed by atoms with van der Waals surface area (Å²) in [5.41, 5.74) is 1.50. The highest BCUT2D eigenvalue weighted by Crippen LogP contribution is 2.01. The Labute approximate surface area is 67.3 Å². The first-order chi connectivity index (χ1) is 4.79. The number of hydrogen-bond acceptors (Lipinski definition) is 0.